The van der Waals surface area contributed by atoms with Crippen molar-refractivity contribution < 1.29 is 28.2 Å². The van der Waals surface area contributed by atoms with E-state index in [9.17, 15) is 23.1 Å². The van der Waals surface area contributed by atoms with Gasteiger partial charge in [-0.1, -0.05) is 11.6 Å². The van der Waals surface area contributed by atoms with E-state index in [1.54, 1.807) is 0 Å². The Morgan fingerprint density at radius 1 is 1.28 bits per heavy atom. The number of hydrogen-bond donors (Lipinski definition) is 3. The zero-order valence-electron chi connectivity index (χ0n) is 13.5. The van der Waals surface area contributed by atoms with Crippen LogP contribution in [0.5, 0.6) is 0 Å². The van der Waals surface area contributed by atoms with Crippen LogP contribution in [-0.2, 0) is 14.8 Å². The number of carboxylic acid groups (broad SMARTS) is 1. The van der Waals surface area contributed by atoms with Gasteiger partial charge in [-0.15, -0.1) is 0 Å². The first-order valence-corrected chi connectivity index (χ1v) is 9.48. The Morgan fingerprint density at radius 2 is 1.88 bits per heavy atom. The van der Waals surface area contributed by atoms with Crippen LogP contribution in [0.2, 0.25) is 5.02 Å². The molecule has 0 aromatic heterocycles. The fourth-order valence-corrected chi connectivity index (χ4v) is 4.54. The molecular formula is C15H19ClN2O6S. The summed E-state index contributed by atoms with van der Waals surface area (Å²) in [4.78, 5) is 23.1. The van der Waals surface area contributed by atoms with Crippen LogP contribution in [0.25, 0.3) is 0 Å². The van der Waals surface area contributed by atoms with Gasteiger partial charge in [0.05, 0.1) is 11.1 Å². The number of sulfonamides is 1. The van der Waals surface area contributed by atoms with Gasteiger partial charge in [0.25, 0.3) is 5.91 Å². The molecule has 10 heteroatoms. The Morgan fingerprint density at radius 3 is 2.40 bits per heavy atom. The van der Waals surface area contributed by atoms with Gasteiger partial charge in [0, 0.05) is 18.7 Å². The van der Waals surface area contributed by atoms with Gasteiger partial charge >= 0.3 is 5.97 Å². The highest BCUT2D eigenvalue weighted by molar-refractivity contribution is 7.89. The van der Waals surface area contributed by atoms with E-state index < -0.39 is 34.0 Å². The number of nitrogens with zero attached hydrogens (tertiary/aromatic N) is 1. The minimum Gasteiger partial charge on any atom is -0.480 e. The first-order chi connectivity index (χ1) is 11.6. The molecule has 25 heavy (non-hydrogen) atoms. The van der Waals surface area contributed by atoms with E-state index in [2.05, 4.69) is 5.32 Å². The van der Waals surface area contributed by atoms with E-state index in [1.165, 1.54) is 23.4 Å². The molecule has 0 saturated carbocycles. The lowest BCUT2D eigenvalue weighted by molar-refractivity contribution is -0.141. The molecule has 2 rings (SSSR count). The minimum atomic E-state index is -3.83. The van der Waals surface area contributed by atoms with Crippen LogP contribution in [0.3, 0.4) is 0 Å². The summed E-state index contributed by atoms with van der Waals surface area (Å²) in [7, 11) is -3.83. The molecule has 0 aliphatic carbocycles. The number of amides is 1. The molecule has 1 aromatic carbocycles. The van der Waals surface area contributed by atoms with Crippen LogP contribution in [0.15, 0.2) is 23.1 Å². The van der Waals surface area contributed by atoms with Crippen molar-refractivity contribution >= 4 is 33.5 Å². The van der Waals surface area contributed by atoms with E-state index >= 15 is 0 Å². The average molecular weight is 391 g/mol. The molecule has 1 aliphatic heterocycles. The Bertz CT molecular complexity index is 774. The number of carboxylic acids is 1. The van der Waals surface area contributed by atoms with E-state index in [4.69, 9.17) is 16.7 Å². The van der Waals surface area contributed by atoms with Crippen molar-refractivity contribution in [3.05, 3.63) is 28.8 Å². The van der Waals surface area contributed by atoms with E-state index in [0.29, 0.717) is 13.1 Å². The summed E-state index contributed by atoms with van der Waals surface area (Å²) >= 11 is 6.00. The average Bonchev–Trinajstić information content (AvgIpc) is 3.07. The highest BCUT2D eigenvalue weighted by Gasteiger charge is 2.31. The molecule has 1 aromatic rings. The van der Waals surface area contributed by atoms with Gasteiger partial charge in [-0.3, -0.25) is 4.79 Å². The lowest BCUT2D eigenvalue weighted by Gasteiger charge is -2.19. The number of aliphatic carboxylic acids is 1. The fourth-order valence-electron chi connectivity index (χ4n) is 2.52. The molecule has 0 spiro atoms. The second-order valence-corrected chi connectivity index (χ2v) is 8.10. The second kappa shape index (κ2) is 7.69. The van der Waals surface area contributed by atoms with Crippen molar-refractivity contribution in [1.29, 1.82) is 0 Å². The van der Waals surface area contributed by atoms with E-state index in [0.717, 1.165) is 18.9 Å². The zero-order valence-corrected chi connectivity index (χ0v) is 15.0. The van der Waals surface area contributed by atoms with Crippen molar-refractivity contribution in [2.24, 2.45) is 0 Å². The van der Waals surface area contributed by atoms with Crippen LogP contribution >= 0.6 is 11.6 Å². The highest BCUT2D eigenvalue weighted by atomic mass is 35.5. The second-order valence-electron chi connectivity index (χ2n) is 5.79. The van der Waals surface area contributed by atoms with Gasteiger partial charge < -0.3 is 15.5 Å². The standard InChI is InChI=1S/C15H19ClN2O6S/c1-9(19)13(15(21)22)17-14(20)10-4-5-11(16)12(8-10)25(23,24)18-6-2-3-7-18/h4-5,8-9,13,19H,2-3,6-7H2,1H3,(H,17,20)(H,21,22)/t9-,13-/m0/s1. The van der Waals surface area contributed by atoms with Crippen molar-refractivity contribution in [3.63, 3.8) is 0 Å². The van der Waals surface area contributed by atoms with Crippen molar-refractivity contribution in [3.8, 4) is 0 Å². The largest absolute Gasteiger partial charge is 0.480 e. The molecule has 0 radical (unpaired) electrons. The predicted molar refractivity (Wildman–Crippen MR) is 90.0 cm³/mol. The number of hydrogen-bond acceptors (Lipinski definition) is 5. The molecule has 3 N–H and O–H groups in total. The van der Waals surface area contributed by atoms with E-state index in [-0.39, 0.29) is 15.5 Å². The predicted octanol–water partition coefficient (Wildman–Crippen LogP) is 0.688. The Labute approximate surface area is 150 Å². The van der Waals surface area contributed by atoms with Gasteiger partial charge in [-0.05, 0) is 38.0 Å². The molecule has 1 heterocycles. The van der Waals surface area contributed by atoms with Crippen LogP contribution in [0.1, 0.15) is 30.1 Å². The molecule has 0 bridgehead atoms. The third-order valence-electron chi connectivity index (χ3n) is 3.91. The van der Waals surface area contributed by atoms with Gasteiger partial charge in [-0.25, -0.2) is 13.2 Å². The van der Waals surface area contributed by atoms with Gasteiger partial charge in [0.2, 0.25) is 10.0 Å². The lowest BCUT2D eigenvalue weighted by atomic mass is 10.1. The molecule has 1 saturated heterocycles. The van der Waals surface area contributed by atoms with Crippen LogP contribution in [0.4, 0.5) is 0 Å². The summed E-state index contributed by atoms with van der Waals surface area (Å²) in [5, 5.41) is 20.6. The normalized spacial score (nSPS) is 17.9. The van der Waals surface area contributed by atoms with Gasteiger partial charge in [0.1, 0.15) is 4.90 Å². The number of rotatable bonds is 6. The maximum Gasteiger partial charge on any atom is 0.328 e. The summed E-state index contributed by atoms with van der Waals surface area (Å²) in [5.74, 6) is -2.22. The van der Waals surface area contributed by atoms with Crippen LogP contribution in [-0.4, -0.2) is 60.0 Å². The smallest absolute Gasteiger partial charge is 0.328 e. The third-order valence-corrected chi connectivity index (χ3v) is 6.29. The minimum absolute atomic E-state index is 0.0197. The number of nitrogens with one attached hydrogen (secondary N) is 1. The Hall–Kier alpha value is -1.68. The van der Waals surface area contributed by atoms with Gasteiger partial charge in [-0.2, -0.15) is 4.31 Å². The molecule has 1 amide bonds. The first-order valence-electron chi connectivity index (χ1n) is 7.66. The van der Waals surface area contributed by atoms with Crippen molar-refractivity contribution in [2.45, 2.75) is 36.8 Å². The summed E-state index contributed by atoms with van der Waals surface area (Å²) < 4.78 is 26.6. The first kappa shape index (κ1) is 19.6. The molecule has 0 unspecified atom stereocenters. The number of aliphatic hydroxyl groups excluding tert-OH is 1. The lowest BCUT2D eigenvalue weighted by Crippen LogP contribution is -2.47. The summed E-state index contributed by atoms with van der Waals surface area (Å²) in [5.41, 5.74) is -0.0610. The number of benzene rings is 1. The van der Waals surface area contributed by atoms with Crippen molar-refractivity contribution in [2.75, 3.05) is 13.1 Å². The van der Waals surface area contributed by atoms with Crippen molar-refractivity contribution in [1.82, 2.24) is 9.62 Å². The summed E-state index contributed by atoms with van der Waals surface area (Å²) in [6.07, 6.45) is 0.193. The molecule has 138 valence electrons. The molecule has 8 nitrogen and oxygen atoms in total. The number of aliphatic hydroxyl groups is 1. The quantitative estimate of drug-likeness (QED) is 0.656. The summed E-state index contributed by atoms with van der Waals surface area (Å²) in [6, 6.07) is 2.17. The third kappa shape index (κ3) is 4.30. The SMILES string of the molecule is C[C@H](O)[C@H](NC(=O)c1ccc(Cl)c(S(=O)(=O)N2CCCC2)c1)C(=O)O. The number of carbonyl (C=O) groups excluding carboxylic acids is 1. The van der Waals surface area contributed by atoms with Crippen LogP contribution < -0.4 is 5.32 Å². The van der Waals surface area contributed by atoms with E-state index in [1.807, 2.05) is 0 Å². The number of carbonyl (C=O) groups is 2. The maximum atomic E-state index is 12.6. The Kier molecular flexibility index (Phi) is 6.04. The number of halogens is 1. The highest BCUT2D eigenvalue weighted by Crippen LogP contribution is 2.28. The monoisotopic (exact) mass is 390 g/mol. The topological polar surface area (TPSA) is 124 Å². The fraction of sp³-hybridized carbons (Fsp3) is 0.467. The molecule has 1 fully saturated rings. The Balaban J connectivity index is 2.32. The maximum absolute atomic E-state index is 12.6. The zero-order chi connectivity index (χ0) is 18.8. The summed E-state index contributed by atoms with van der Waals surface area (Å²) in [6.45, 7) is 2.00. The molecule has 2 atom stereocenters. The van der Waals surface area contributed by atoms with Gasteiger partial charge in [0.15, 0.2) is 6.04 Å². The molecule has 1 aliphatic rings. The van der Waals surface area contributed by atoms with Crippen LogP contribution in [0, 0.1) is 0 Å². The molecular weight excluding hydrogens is 372 g/mol.